The normalized spacial score (nSPS) is 11.5. The van der Waals surface area contributed by atoms with E-state index in [0.29, 0.717) is 0 Å². The molecule has 1 rings (SSSR count). The van der Waals surface area contributed by atoms with Gasteiger partial charge in [0.15, 0.2) is 0 Å². The molecule has 0 saturated carbocycles. The van der Waals surface area contributed by atoms with E-state index in [9.17, 15) is 13.2 Å². The van der Waals surface area contributed by atoms with E-state index in [4.69, 9.17) is 5.11 Å². The first kappa shape index (κ1) is 10.8. The predicted molar refractivity (Wildman–Crippen MR) is 41.7 cm³/mol. The molecule has 1 aromatic heterocycles. The highest BCUT2D eigenvalue weighted by molar-refractivity contribution is 5.31. The first-order chi connectivity index (χ1) is 6.49. The lowest BCUT2D eigenvalue weighted by Gasteiger charge is -2.11. The monoisotopic (exact) mass is 207 g/mol. The number of alkyl halides is 3. The van der Waals surface area contributed by atoms with Crippen molar-refractivity contribution in [1.29, 1.82) is 0 Å². The molecule has 78 valence electrons. The molecule has 1 N–H and O–H groups in total. The summed E-state index contributed by atoms with van der Waals surface area (Å²) in [6.07, 6.45) is -3.56. The van der Waals surface area contributed by atoms with Crippen LogP contribution in [0.1, 0.15) is 11.1 Å². The second-order valence-corrected chi connectivity index (χ2v) is 2.54. The molecule has 3 nitrogen and oxygen atoms in total. The summed E-state index contributed by atoms with van der Waals surface area (Å²) in [6, 6.07) is 0.756. The van der Waals surface area contributed by atoms with Gasteiger partial charge in [-0.1, -0.05) is 0 Å². The van der Waals surface area contributed by atoms with Crippen LogP contribution < -0.4 is 4.74 Å². The minimum Gasteiger partial charge on any atom is -0.481 e. The lowest BCUT2D eigenvalue weighted by molar-refractivity contribution is -0.138. The minimum absolute atomic E-state index is 0.130. The van der Waals surface area contributed by atoms with Gasteiger partial charge in [-0.2, -0.15) is 13.2 Å². The fraction of sp³-hybridized carbons (Fsp3) is 0.375. The zero-order chi connectivity index (χ0) is 10.8. The molecular weight excluding hydrogens is 199 g/mol. The Labute approximate surface area is 78.2 Å². The van der Waals surface area contributed by atoms with Crippen molar-refractivity contribution in [3.05, 3.63) is 23.4 Å². The van der Waals surface area contributed by atoms with Crippen LogP contribution in [0.4, 0.5) is 13.2 Å². The molecular formula is C8H8F3NO2. The minimum atomic E-state index is -4.51. The molecule has 0 aliphatic carbocycles. The SMILES string of the molecule is COc1cc(C(F)(F)F)c(CO)cn1. The van der Waals surface area contributed by atoms with E-state index < -0.39 is 18.3 Å². The third kappa shape index (κ3) is 2.14. The molecule has 0 atom stereocenters. The number of hydrogen-bond donors (Lipinski definition) is 1. The van der Waals surface area contributed by atoms with E-state index in [1.54, 1.807) is 0 Å². The smallest absolute Gasteiger partial charge is 0.417 e. The molecule has 0 amide bonds. The number of halogens is 3. The summed E-state index contributed by atoms with van der Waals surface area (Å²) >= 11 is 0. The molecule has 0 fully saturated rings. The number of rotatable bonds is 2. The fourth-order valence-corrected chi connectivity index (χ4v) is 0.966. The average Bonchev–Trinajstić information content (AvgIpc) is 2.15. The number of pyridine rings is 1. The molecule has 1 aromatic rings. The number of nitrogens with zero attached hydrogens (tertiary/aromatic N) is 1. The number of methoxy groups -OCH3 is 1. The van der Waals surface area contributed by atoms with Crippen molar-refractivity contribution in [2.45, 2.75) is 12.8 Å². The second-order valence-electron chi connectivity index (χ2n) is 2.54. The Balaban J connectivity index is 3.22. The zero-order valence-corrected chi connectivity index (χ0v) is 7.30. The van der Waals surface area contributed by atoms with Gasteiger partial charge in [-0.25, -0.2) is 4.98 Å². The summed E-state index contributed by atoms with van der Waals surface area (Å²) in [5.41, 5.74) is -1.19. The van der Waals surface area contributed by atoms with Gasteiger partial charge in [0.25, 0.3) is 0 Å². The molecule has 0 spiro atoms. The maximum atomic E-state index is 12.4. The average molecular weight is 207 g/mol. The van der Waals surface area contributed by atoms with Gasteiger partial charge in [0.2, 0.25) is 5.88 Å². The van der Waals surface area contributed by atoms with Crippen molar-refractivity contribution in [3.63, 3.8) is 0 Å². The van der Waals surface area contributed by atoms with E-state index in [2.05, 4.69) is 9.72 Å². The molecule has 0 bridgehead atoms. The molecule has 14 heavy (non-hydrogen) atoms. The third-order valence-corrected chi connectivity index (χ3v) is 1.65. The zero-order valence-electron chi connectivity index (χ0n) is 7.30. The van der Waals surface area contributed by atoms with Gasteiger partial charge >= 0.3 is 6.18 Å². The molecule has 0 aromatic carbocycles. The molecule has 0 unspecified atom stereocenters. The van der Waals surface area contributed by atoms with Crippen LogP contribution in [0.5, 0.6) is 5.88 Å². The van der Waals surface area contributed by atoms with Crippen LogP contribution in [0, 0.1) is 0 Å². The maximum Gasteiger partial charge on any atom is 0.417 e. The lowest BCUT2D eigenvalue weighted by Crippen LogP contribution is -2.10. The number of aliphatic hydroxyl groups excluding tert-OH is 1. The van der Waals surface area contributed by atoms with Crippen LogP contribution in [-0.4, -0.2) is 17.2 Å². The summed E-state index contributed by atoms with van der Waals surface area (Å²) in [6.45, 7) is -0.703. The van der Waals surface area contributed by atoms with Gasteiger partial charge in [-0.05, 0) is 0 Å². The molecule has 0 aliphatic heterocycles. The van der Waals surface area contributed by atoms with Gasteiger partial charge in [0, 0.05) is 17.8 Å². The van der Waals surface area contributed by atoms with Crippen molar-refractivity contribution in [2.24, 2.45) is 0 Å². The summed E-state index contributed by atoms with van der Waals surface area (Å²) < 4.78 is 41.6. The van der Waals surface area contributed by atoms with Crippen LogP contribution in [0.3, 0.4) is 0 Å². The summed E-state index contributed by atoms with van der Waals surface area (Å²) in [7, 11) is 1.22. The summed E-state index contributed by atoms with van der Waals surface area (Å²) in [5.74, 6) is -0.130. The van der Waals surface area contributed by atoms with Crippen LogP contribution in [-0.2, 0) is 12.8 Å². The fourth-order valence-electron chi connectivity index (χ4n) is 0.966. The van der Waals surface area contributed by atoms with E-state index in [0.717, 1.165) is 12.3 Å². The topological polar surface area (TPSA) is 42.4 Å². The van der Waals surface area contributed by atoms with Gasteiger partial charge < -0.3 is 9.84 Å². The Hall–Kier alpha value is -1.30. The Morgan fingerprint density at radius 2 is 2.14 bits per heavy atom. The summed E-state index contributed by atoms with van der Waals surface area (Å²) in [5, 5.41) is 8.66. The Kier molecular flexibility index (Phi) is 2.95. The largest absolute Gasteiger partial charge is 0.481 e. The number of hydrogen-bond acceptors (Lipinski definition) is 3. The predicted octanol–water partition coefficient (Wildman–Crippen LogP) is 1.60. The van der Waals surface area contributed by atoms with Crippen LogP contribution in [0.2, 0.25) is 0 Å². The van der Waals surface area contributed by atoms with Crippen molar-refractivity contribution < 1.29 is 23.0 Å². The van der Waals surface area contributed by atoms with Gasteiger partial charge in [-0.3, -0.25) is 0 Å². The van der Waals surface area contributed by atoms with Crippen LogP contribution in [0.25, 0.3) is 0 Å². The maximum absolute atomic E-state index is 12.4. The van der Waals surface area contributed by atoms with E-state index in [1.165, 1.54) is 7.11 Å². The lowest BCUT2D eigenvalue weighted by atomic mass is 10.1. The number of aliphatic hydroxyl groups is 1. The van der Waals surface area contributed by atoms with Gasteiger partial charge in [-0.15, -0.1) is 0 Å². The van der Waals surface area contributed by atoms with Crippen LogP contribution >= 0.6 is 0 Å². The summed E-state index contributed by atoms with van der Waals surface area (Å²) in [4.78, 5) is 3.56. The highest BCUT2D eigenvalue weighted by atomic mass is 19.4. The third-order valence-electron chi connectivity index (χ3n) is 1.65. The van der Waals surface area contributed by atoms with Crippen molar-refractivity contribution in [1.82, 2.24) is 4.98 Å². The molecule has 6 heteroatoms. The van der Waals surface area contributed by atoms with Crippen molar-refractivity contribution in [2.75, 3.05) is 7.11 Å². The van der Waals surface area contributed by atoms with E-state index in [-0.39, 0.29) is 11.4 Å². The number of ether oxygens (including phenoxy) is 1. The Morgan fingerprint density at radius 1 is 1.50 bits per heavy atom. The second kappa shape index (κ2) is 3.83. The highest BCUT2D eigenvalue weighted by Crippen LogP contribution is 2.33. The van der Waals surface area contributed by atoms with Gasteiger partial charge in [0.1, 0.15) is 0 Å². The van der Waals surface area contributed by atoms with Gasteiger partial charge in [0.05, 0.1) is 19.3 Å². The van der Waals surface area contributed by atoms with Crippen molar-refractivity contribution in [3.8, 4) is 5.88 Å². The Bertz CT molecular complexity index is 325. The van der Waals surface area contributed by atoms with E-state index in [1.807, 2.05) is 0 Å². The first-order valence-electron chi connectivity index (χ1n) is 3.70. The highest BCUT2D eigenvalue weighted by Gasteiger charge is 2.33. The first-order valence-corrected chi connectivity index (χ1v) is 3.70. The van der Waals surface area contributed by atoms with Crippen LogP contribution in [0.15, 0.2) is 12.3 Å². The molecule has 0 saturated heterocycles. The quantitative estimate of drug-likeness (QED) is 0.800. The standard InChI is InChI=1S/C8H8F3NO2/c1-14-7-2-6(8(9,10)11)5(4-13)3-12-7/h2-3,13H,4H2,1H3. The van der Waals surface area contributed by atoms with E-state index >= 15 is 0 Å². The Morgan fingerprint density at radius 3 is 2.57 bits per heavy atom. The molecule has 0 aliphatic rings. The number of aromatic nitrogens is 1. The van der Waals surface area contributed by atoms with Crippen molar-refractivity contribution >= 4 is 0 Å². The molecule has 0 radical (unpaired) electrons. The molecule has 1 heterocycles.